The van der Waals surface area contributed by atoms with Crippen molar-refractivity contribution in [1.29, 1.82) is 0 Å². The van der Waals surface area contributed by atoms with Crippen LogP contribution >= 0.6 is 0 Å². The zero-order valence-electron chi connectivity index (χ0n) is 36.5. The molecule has 3 aliphatic rings. The molecule has 0 aromatic carbocycles. The van der Waals surface area contributed by atoms with Crippen molar-refractivity contribution < 1.29 is 58.2 Å². The number of carbonyl (C=O) groups excluding carboxylic acids is 4. The first-order chi connectivity index (χ1) is 27.4. The number of Topliss-reactive ketones (excluding diaryl/α,β-unsaturated/α-hetero) is 2. The summed E-state index contributed by atoms with van der Waals surface area (Å²) in [4.78, 5) is 53.8. The number of ether oxygens (including phenoxy) is 5. The third-order valence-electron chi connectivity index (χ3n) is 12.9. The van der Waals surface area contributed by atoms with Gasteiger partial charge in [0.25, 0.3) is 18.2 Å². The monoisotopic (exact) mass is 820 g/mol. The molecule has 0 radical (unpaired) electrons. The minimum Gasteiger partial charge on any atom is -0.460 e. The summed E-state index contributed by atoms with van der Waals surface area (Å²) < 4.78 is 28.8. The van der Waals surface area contributed by atoms with Crippen LogP contribution in [0.15, 0.2) is 36.0 Å². The van der Waals surface area contributed by atoms with Gasteiger partial charge in [0.05, 0.1) is 30.5 Å². The van der Waals surface area contributed by atoms with Gasteiger partial charge in [0.1, 0.15) is 18.0 Å². The van der Waals surface area contributed by atoms with Crippen LogP contribution in [-0.4, -0.2) is 127 Å². The molecule has 1 aliphatic carbocycles. The molecule has 2 saturated heterocycles. The normalized spacial score (nSPS) is 31.7. The van der Waals surface area contributed by atoms with Gasteiger partial charge in [-0.15, -0.1) is 6.58 Å². The number of hydrogen-bond donors (Lipinski definition) is 3. The van der Waals surface area contributed by atoms with E-state index in [9.17, 15) is 34.5 Å². The second-order valence-electron chi connectivity index (χ2n) is 17.4. The topological polar surface area (TPSA) is 178 Å². The van der Waals surface area contributed by atoms with Crippen LogP contribution in [0.1, 0.15) is 112 Å². The van der Waals surface area contributed by atoms with Gasteiger partial charge in [-0.25, -0.2) is 0 Å². The summed E-state index contributed by atoms with van der Waals surface area (Å²) in [7, 11) is 4.67. The van der Waals surface area contributed by atoms with Crippen LogP contribution in [0.2, 0.25) is 0 Å². The molecule has 2 heterocycles. The highest BCUT2D eigenvalue weighted by Crippen LogP contribution is 2.39. The zero-order chi connectivity index (χ0) is 43.3. The van der Waals surface area contributed by atoms with E-state index in [0.29, 0.717) is 45.1 Å². The van der Waals surface area contributed by atoms with E-state index in [-0.39, 0.29) is 42.6 Å². The second kappa shape index (κ2) is 23.3. The van der Waals surface area contributed by atoms with Crippen LogP contribution in [0.5, 0.6) is 0 Å². The maximum absolute atomic E-state index is 13.7. The zero-order valence-corrected chi connectivity index (χ0v) is 36.5. The number of hydrogen-bond acceptors (Lipinski definition) is 12. The van der Waals surface area contributed by atoms with E-state index in [1.165, 1.54) is 4.90 Å². The number of rotatable bonds is 22. The maximum Gasteiger partial charge on any atom is 0.296 e. The average Bonchev–Trinajstić information content (AvgIpc) is 3.19. The molecule has 3 fully saturated rings. The summed E-state index contributed by atoms with van der Waals surface area (Å²) in [6.45, 7) is 15.9. The van der Waals surface area contributed by atoms with Crippen LogP contribution in [0, 0.1) is 29.6 Å². The highest BCUT2D eigenvalue weighted by atomic mass is 16.7. The fourth-order valence-corrected chi connectivity index (χ4v) is 9.29. The molecule has 0 aromatic rings. The van der Waals surface area contributed by atoms with E-state index >= 15 is 0 Å². The van der Waals surface area contributed by atoms with Crippen molar-refractivity contribution in [3.63, 3.8) is 0 Å². The Hall–Kier alpha value is -2.78. The lowest BCUT2D eigenvalue weighted by Gasteiger charge is -2.47. The molecule has 2 aliphatic heterocycles. The number of ketones is 2. The first-order valence-electron chi connectivity index (χ1n) is 21.2. The van der Waals surface area contributed by atoms with E-state index in [1.54, 1.807) is 41.3 Å². The van der Waals surface area contributed by atoms with Crippen molar-refractivity contribution in [2.24, 2.45) is 29.6 Å². The first-order valence-corrected chi connectivity index (χ1v) is 21.2. The van der Waals surface area contributed by atoms with Gasteiger partial charge >= 0.3 is 0 Å². The Morgan fingerprint density at radius 2 is 1.69 bits per heavy atom. The number of methoxy groups -OCH3 is 3. The van der Waals surface area contributed by atoms with Gasteiger partial charge in [-0.3, -0.25) is 19.2 Å². The number of amides is 1. The van der Waals surface area contributed by atoms with Crippen LogP contribution in [-0.2, 0) is 42.9 Å². The molecule has 3 rings (SSSR count). The Balaban J connectivity index is 1.68. The third kappa shape index (κ3) is 12.9. The lowest BCUT2D eigenvalue weighted by atomic mass is 9.81. The molecular formula is C45H73NO12. The number of carbonyl (C=O) groups is 4. The lowest BCUT2D eigenvalue weighted by Crippen LogP contribution is -2.64. The van der Waals surface area contributed by atoms with Gasteiger partial charge in [0, 0.05) is 58.1 Å². The number of aliphatic hydroxyl groups is 3. The Kier molecular flexibility index (Phi) is 19.9. The SMILES string of the molecule is C=CC[C@H](/C=C(\C)C[C@H](C)C[C@H](OC)[C@H]1O[C@@](O)(C(=O)C(=O)N2CCCCC2C)[C@H](C)C[C@@H]1OC)C(=O)C[C@H](O)[C@@H](C)[C@H](OC=O)/C(C)=C/[C@@H]1CC[C@@H](O)[C@H](OC)C1. The molecular weight excluding hydrogens is 746 g/mol. The lowest BCUT2D eigenvalue weighted by molar-refractivity contribution is -0.302. The van der Waals surface area contributed by atoms with Gasteiger partial charge in [0.15, 0.2) is 0 Å². The summed E-state index contributed by atoms with van der Waals surface area (Å²) in [5, 5.41) is 33.3. The van der Waals surface area contributed by atoms with Crippen LogP contribution in [0.3, 0.4) is 0 Å². The number of likely N-dealkylation sites (tertiary alicyclic amines) is 1. The number of piperidine rings is 1. The minimum atomic E-state index is -2.33. The van der Waals surface area contributed by atoms with E-state index < -0.39 is 71.9 Å². The predicted molar refractivity (Wildman–Crippen MR) is 219 cm³/mol. The largest absolute Gasteiger partial charge is 0.460 e. The fraction of sp³-hybridized carbons (Fsp3) is 0.778. The van der Waals surface area contributed by atoms with Gasteiger partial charge in [-0.2, -0.15) is 0 Å². The first kappa shape index (κ1) is 49.6. The Morgan fingerprint density at radius 3 is 2.29 bits per heavy atom. The molecule has 13 nitrogen and oxygen atoms in total. The number of nitrogens with zero attached hydrogens (tertiary/aromatic N) is 1. The van der Waals surface area contributed by atoms with Crippen molar-refractivity contribution in [2.45, 2.75) is 167 Å². The standard InChI is InChI=1S/C45H73NO12/c1-11-14-34(37(50)25-36(49)32(7)41(57-26-47)29(4)22-33-16-17-35(48)38(24-33)54-8)20-27(2)19-28(3)21-39(55-9)42-40(56-10)23-30(5)45(53,58-42)43(51)44(52)46-18-13-12-15-31(46)6/h11,20,22,26,28,30-36,38-42,48-49,53H,1,12-19,21,23-25H2,2-10H3/b27-20+,29-22+/t28-,30+,31?,32+,33-,34+,35+,36-,38+,39-,40-,41+,42+,45+/m0/s1. The molecule has 0 aromatic heterocycles. The summed E-state index contributed by atoms with van der Waals surface area (Å²) >= 11 is 0. The highest BCUT2D eigenvalue weighted by molar-refractivity contribution is 6.38. The number of allylic oxidation sites excluding steroid dienone is 4. The van der Waals surface area contributed by atoms with Crippen LogP contribution in [0.25, 0.3) is 0 Å². The summed E-state index contributed by atoms with van der Waals surface area (Å²) in [6.07, 6.45) is 7.21. The van der Waals surface area contributed by atoms with Crippen molar-refractivity contribution in [1.82, 2.24) is 4.90 Å². The molecule has 1 unspecified atom stereocenters. The molecule has 13 heteroatoms. The highest BCUT2D eigenvalue weighted by Gasteiger charge is 2.56. The molecule has 1 saturated carbocycles. The molecule has 330 valence electrons. The maximum atomic E-state index is 13.7. The Morgan fingerprint density at radius 1 is 1.00 bits per heavy atom. The molecule has 0 spiro atoms. The molecule has 3 N–H and O–H groups in total. The molecule has 0 bridgehead atoms. The summed E-state index contributed by atoms with van der Waals surface area (Å²) in [5.74, 6) is -5.87. The van der Waals surface area contributed by atoms with E-state index in [2.05, 4.69) is 6.58 Å². The predicted octanol–water partition coefficient (Wildman–Crippen LogP) is 5.28. The molecule has 14 atom stereocenters. The van der Waals surface area contributed by atoms with Gasteiger partial charge < -0.3 is 43.9 Å². The number of aliphatic hydroxyl groups excluding tert-OH is 2. The molecule has 58 heavy (non-hydrogen) atoms. The second-order valence-corrected chi connectivity index (χ2v) is 17.4. The minimum absolute atomic E-state index is 0.00832. The average molecular weight is 820 g/mol. The van der Waals surface area contributed by atoms with Crippen molar-refractivity contribution in [2.75, 3.05) is 27.9 Å². The van der Waals surface area contributed by atoms with Crippen LogP contribution in [0.4, 0.5) is 0 Å². The quantitative estimate of drug-likeness (QED) is 0.0733. The van der Waals surface area contributed by atoms with E-state index in [1.807, 2.05) is 39.8 Å². The van der Waals surface area contributed by atoms with Gasteiger partial charge in [0.2, 0.25) is 5.79 Å². The van der Waals surface area contributed by atoms with E-state index in [4.69, 9.17) is 23.7 Å². The molecule has 1 amide bonds. The van der Waals surface area contributed by atoms with Crippen molar-refractivity contribution in [3.8, 4) is 0 Å². The van der Waals surface area contributed by atoms with Crippen molar-refractivity contribution in [3.05, 3.63) is 36.0 Å². The summed E-state index contributed by atoms with van der Waals surface area (Å²) in [6, 6.07) is -0.102. The Labute approximate surface area is 346 Å². The van der Waals surface area contributed by atoms with Crippen LogP contribution < -0.4 is 0 Å². The van der Waals surface area contributed by atoms with Gasteiger partial charge in [-0.05, 0) is 102 Å². The summed E-state index contributed by atoms with van der Waals surface area (Å²) in [5.41, 5.74) is 1.72. The smallest absolute Gasteiger partial charge is 0.296 e. The van der Waals surface area contributed by atoms with E-state index in [0.717, 1.165) is 36.8 Å². The third-order valence-corrected chi connectivity index (χ3v) is 12.9. The van der Waals surface area contributed by atoms with Crippen molar-refractivity contribution >= 4 is 23.9 Å². The fourth-order valence-electron chi connectivity index (χ4n) is 9.29. The van der Waals surface area contributed by atoms with Gasteiger partial charge in [-0.1, -0.05) is 44.6 Å². The Bertz CT molecular complexity index is 1430.